The molecule has 1 heteroatoms. The quantitative estimate of drug-likeness (QED) is 0.201. The Morgan fingerprint density at radius 1 is 0.537 bits per heavy atom. The molecule has 8 rings (SSSR count). The van der Waals surface area contributed by atoms with Crippen LogP contribution in [0.15, 0.2) is 115 Å². The van der Waals surface area contributed by atoms with E-state index in [4.69, 9.17) is 2.74 Å². The molecule has 0 spiro atoms. The van der Waals surface area contributed by atoms with Gasteiger partial charge in [-0.25, -0.2) is 0 Å². The zero-order chi connectivity index (χ0) is 29.7. The minimum Gasteiger partial charge on any atom is -0.309 e. The van der Waals surface area contributed by atoms with Crippen LogP contribution in [0.5, 0.6) is 0 Å². The Kier molecular flexibility index (Phi) is 4.55. The number of allylic oxidation sites excluding steroid dienone is 2. The molecule has 1 nitrogen and oxygen atoms in total. The van der Waals surface area contributed by atoms with Gasteiger partial charge in [0.1, 0.15) is 0 Å². The van der Waals surface area contributed by atoms with Gasteiger partial charge in [0.15, 0.2) is 0 Å². The van der Waals surface area contributed by atoms with Crippen LogP contribution in [0.4, 0.5) is 0 Å². The summed E-state index contributed by atoms with van der Waals surface area (Å²) in [6, 6.07) is 40.7. The number of rotatable bonds is 3. The van der Waals surface area contributed by atoms with Crippen LogP contribution in [0.1, 0.15) is 63.8 Å². The zero-order valence-corrected chi connectivity index (χ0v) is 23.9. The number of nitrogens with zero attached hydrogens (tertiary/aromatic N) is 1. The smallest absolute Gasteiger partial charge is 0.0629 e. The molecule has 1 heterocycles. The van der Waals surface area contributed by atoms with Gasteiger partial charge in [-0.15, -0.1) is 0 Å². The van der Waals surface area contributed by atoms with E-state index in [9.17, 15) is 0 Å². The summed E-state index contributed by atoms with van der Waals surface area (Å²) in [4.78, 5) is 0. The van der Waals surface area contributed by atoms with E-state index in [-0.39, 0.29) is 22.9 Å². The molecule has 0 fully saturated rings. The van der Waals surface area contributed by atoms with Crippen molar-refractivity contribution in [2.45, 2.75) is 38.5 Å². The van der Waals surface area contributed by atoms with Crippen LogP contribution in [0.2, 0.25) is 0 Å². The van der Waals surface area contributed by atoms with E-state index in [1.165, 1.54) is 44.2 Å². The summed E-state index contributed by atoms with van der Waals surface area (Å²) in [6.45, 7) is 9.26. The Hall–Kier alpha value is -4.62. The van der Waals surface area contributed by atoms with Gasteiger partial charge in [0.2, 0.25) is 0 Å². The monoisotopic (exact) mass is 529 g/mol. The van der Waals surface area contributed by atoms with Crippen molar-refractivity contribution >= 4 is 45.1 Å². The van der Waals surface area contributed by atoms with E-state index in [0.29, 0.717) is 0 Å². The molecular formula is C40H33N. The van der Waals surface area contributed by atoms with Crippen molar-refractivity contribution in [3.05, 3.63) is 149 Å². The Bertz CT molecular complexity index is 2130. The summed E-state index contributed by atoms with van der Waals surface area (Å²) in [6.07, 6.45) is 0. The summed E-state index contributed by atoms with van der Waals surface area (Å²) >= 11 is 0. The maximum atomic E-state index is 9.09. The first-order valence-corrected chi connectivity index (χ1v) is 14.5. The lowest BCUT2D eigenvalue weighted by atomic mass is 9.75. The molecule has 41 heavy (non-hydrogen) atoms. The highest BCUT2D eigenvalue weighted by Crippen LogP contribution is 2.62. The van der Waals surface area contributed by atoms with Gasteiger partial charge in [-0.1, -0.05) is 131 Å². The molecule has 5 aromatic carbocycles. The number of aromatic nitrogens is 1. The molecule has 2 aliphatic rings. The second-order valence-electron chi connectivity index (χ2n) is 12.5. The first kappa shape index (κ1) is 22.1. The average molecular weight is 530 g/mol. The van der Waals surface area contributed by atoms with Crippen molar-refractivity contribution in [1.29, 1.82) is 0 Å². The topological polar surface area (TPSA) is 4.93 Å². The maximum absolute atomic E-state index is 9.09. The van der Waals surface area contributed by atoms with Crippen LogP contribution in [0, 0.1) is 0 Å². The van der Waals surface area contributed by atoms with Gasteiger partial charge in [0.25, 0.3) is 0 Å². The normalized spacial score (nSPS) is 17.7. The van der Waals surface area contributed by atoms with E-state index in [0.717, 1.165) is 27.8 Å². The first-order chi connectivity index (χ1) is 20.7. The molecule has 0 N–H and O–H groups in total. The van der Waals surface area contributed by atoms with Gasteiger partial charge in [-0.2, -0.15) is 0 Å². The van der Waals surface area contributed by atoms with Crippen molar-refractivity contribution < 1.29 is 2.74 Å². The predicted molar refractivity (Wildman–Crippen MR) is 175 cm³/mol. The second-order valence-corrected chi connectivity index (χ2v) is 12.5. The lowest BCUT2D eigenvalue weighted by molar-refractivity contribution is 0.694. The SMILES string of the molecule is [2H]/C(=C(/[2H])c1ccc2c(c1)C(C)(C)C1=C2C(C)(C)c2ccccc21)c1ccc(-n2c3ccccc3c3ccccc32)cc1. The summed E-state index contributed by atoms with van der Waals surface area (Å²) in [5, 5.41) is 2.45. The molecule has 198 valence electrons. The fourth-order valence-corrected chi connectivity index (χ4v) is 7.48. The van der Waals surface area contributed by atoms with Gasteiger partial charge in [-0.05, 0) is 68.8 Å². The lowest BCUT2D eigenvalue weighted by Gasteiger charge is -2.28. The summed E-state index contributed by atoms with van der Waals surface area (Å²) < 4.78 is 20.4. The fourth-order valence-electron chi connectivity index (χ4n) is 7.48. The highest BCUT2D eigenvalue weighted by molar-refractivity contribution is 6.10. The minimum absolute atomic E-state index is 0.0751. The van der Waals surface area contributed by atoms with Crippen molar-refractivity contribution in [3.8, 4) is 5.69 Å². The molecule has 0 unspecified atom stereocenters. The Balaban J connectivity index is 1.18. The van der Waals surface area contributed by atoms with Crippen LogP contribution in [-0.4, -0.2) is 4.57 Å². The van der Waals surface area contributed by atoms with Gasteiger partial charge in [0, 0.05) is 27.3 Å². The molecule has 2 aliphatic carbocycles. The molecule has 0 bridgehead atoms. The van der Waals surface area contributed by atoms with Gasteiger partial charge < -0.3 is 4.57 Å². The summed E-state index contributed by atoms with van der Waals surface area (Å²) in [7, 11) is 0. The molecule has 0 atom stereocenters. The van der Waals surface area contributed by atoms with Crippen LogP contribution in [-0.2, 0) is 10.8 Å². The van der Waals surface area contributed by atoms with Crippen LogP contribution < -0.4 is 0 Å². The predicted octanol–water partition coefficient (Wildman–Crippen LogP) is 10.4. The van der Waals surface area contributed by atoms with Crippen molar-refractivity contribution in [3.63, 3.8) is 0 Å². The molecule has 0 amide bonds. The number of hydrogen-bond donors (Lipinski definition) is 0. The third kappa shape index (κ3) is 3.36. The molecule has 0 saturated heterocycles. The lowest BCUT2D eigenvalue weighted by Crippen LogP contribution is -2.19. The Labute approximate surface area is 244 Å². The second kappa shape index (κ2) is 8.44. The van der Waals surface area contributed by atoms with Crippen molar-refractivity contribution in [2.24, 2.45) is 0 Å². The minimum atomic E-state index is -0.184. The van der Waals surface area contributed by atoms with Gasteiger partial charge >= 0.3 is 0 Å². The number of hydrogen-bond acceptors (Lipinski definition) is 0. The fraction of sp³-hybridized carbons (Fsp3) is 0.150. The third-order valence-corrected chi connectivity index (χ3v) is 9.39. The highest BCUT2D eigenvalue weighted by atomic mass is 15.0. The van der Waals surface area contributed by atoms with E-state index in [1.54, 1.807) is 0 Å². The molecular weight excluding hydrogens is 494 g/mol. The highest BCUT2D eigenvalue weighted by Gasteiger charge is 2.49. The number of para-hydroxylation sites is 2. The van der Waals surface area contributed by atoms with Crippen molar-refractivity contribution in [2.75, 3.05) is 0 Å². The average Bonchev–Trinajstić information content (AvgIpc) is 3.58. The first-order valence-electron chi connectivity index (χ1n) is 15.5. The van der Waals surface area contributed by atoms with E-state index in [1.807, 2.05) is 18.2 Å². The maximum Gasteiger partial charge on any atom is 0.0629 e. The standard InChI is InChI=1S/C40H33N/c1-39(2)33-14-8-5-13-31(33)37-38(39)32-24-21-27(25-34(32)40(37,3)4)18-17-26-19-22-28(23-20-26)41-35-15-9-6-11-29(35)30-12-7-10-16-36(30)41/h5-25H,1-4H3/b18-17+/i17D,18D. The molecule has 0 saturated carbocycles. The largest absolute Gasteiger partial charge is 0.309 e. The molecule has 1 aromatic heterocycles. The van der Waals surface area contributed by atoms with E-state index in [2.05, 4.69) is 129 Å². The Morgan fingerprint density at radius 2 is 1.05 bits per heavy atom. The summed E-state index contributed by atoms with van der Waals surface area (Å²) in [5.74, 6) is 0. The van der Waals surface area contributed by atoms with E-state index < -0.39 is 0 Å². The molecule has 6 aromatic rings. The van der Waals surface area contributed by atoms with Crippen LogP contribution >= 0.6 is 0 Å². The van der Waals surface area contributed by atoms with Gasteiger partial charge in [0.05, 0.1) is 13.8 Å². The third-order valence-electron chi connectivity index (χ3n) is 9.39. The van der Waals surface area contributed by atoms with Gasteiger partial charge in [-0.3, -0.25) is 0 Å². The molecule has 0 radical (unpaired) electrons. The van der Waals surface area contributed by atoms with Crippen LogP contribution in [0.25, 0.3) is 50.7 Å². The van der Waals surface area contributed by atoms with Crippen LogP contribution in [0.3, 0.4) is 0 Å². The Morgan fingerprint density at radius 3 is 1.73 bits per heavy atom. The van der Waals surface area contributed by atoms with Crippen molar-refractivity contribution in [1.82, 2.24) is 4.57 Å². The molecule has 0 aliphatic heterocycles. The number of fused-ring (bicyclic) bond motifs is 7. The van der Waals surface area contributed by atoms with E-state index >= 15 is 0 Å². The number of benzene rings is 5. The zero-order valence-electron chi connectivity index (χ0n) is 25.9. The summed E-state index contributed by atoms with van der Waals surface area (Å²) in [5.41, 5.74) is 12.7.